The Bertz CT molecular complexity index is 668. The van der Waals surface area contributed by atoms with Crippen LogP contribution < -0.4 is 0 Å². The Kier molecular flexibility index (Phi) is 5.16. The SMILES string of the molecule is CN(CCCCCO)C(=O)OC1c2ccccc2-c2ccccc21. The summed E-state index contributed by atoms with van der Waals surface area (Å²) in [5.41, 5.74) is 4.36. The normalized spacial score (nSPS) is 12.6. The Hall–Kier alpha value is -2.33. The van der Waals surface area contributed by atoms with E-state index >= 15 is 0 Å². The Morgan fingerprint density at radius 2 is 1.58 bits per heavy atom. The molecule has 4 nitrogen and oxygen atoms in total. The largest absolute Gasteiger partial charge is 0.436 e. The highest BCUT2D eigenvalue weighted by atomic mass is 16.6. The zero-order chi connectivity index (χ0) is 16.9. The highest BCUT2D eigenvalue weighted by Crippen LogP contribution is 2.45. The van der Waals surface area contributed by atoms with Gasteiger partial charge in [-0.05, 0) is 30.4 Å². The fourth-order valence-electron chi connectivity index (χ4n) is 3.16. The van der Waals surface area contributed by atoms with Crippen LogP contribution in [0.4, 0.5) is 4.79 Å². The van der Waals surface area contributed by atoms with Crippen LogP contribution in [0.5, 0.6) is 0 Å². The lowest BCUT2D eigenvalue weighted by atomic mass is 10.1. The van der Waals surface area contributed by atoms with Gasteiger partial charge in [0.2, 0.25) is 0 Å². The summed E-state index contributed by atoms with van der Waals surface area (Å²) < 4.78 is 5.82. The minimum absolute atomic E-state index is 0.198. The Morgan fingerprint density at radius 3 is 2.17 bits per heavy atom. The van der Waals surface area contributed by atoms with Crippen LogP contribution in [0.25, 0.3) is 11.1 Å². The smallest absolute Gasteiger partial charge is 0.410 e. The molecule has 0 aromatic heterocycles. The van der Waals surface area contributed by atoms with E-state index in [1.54, 1.807) is 11.9 Å². The van der Waals surface area contributed by atoms with Crippen molar-refractivity contribution in [3.8, 4) is 11.1 Å². The van der Waals surface area contributed by atoms with Crippen LogP contribution in [0.15, 0.2) is 48.5 Å². The van der Waals surface area contributed by atoms with Crippen LogP contribution in [-0.2, 0) is 4.74 Å². The molecule has 126 valence electrons. The molecule has 0 unspecified atom stereocenters. The van der Waals surface area contributed by atoms with E-state index in [-0.39, 0.29) is 18.8 Å². The van der Waals surface area contributed by atoms with E-state index in [9.17, 15) is 4.79 Å². The molecule has 0 radical (unpaired) electrons. The molecule has 24 heavy (non-hydrogen) atoms. The second-order valence-corrected chi connectivity index (χ2v) is 6.14. The van der Waals surface area contributed by atoms with Crippen LogP contribution in [0.3, 0.4) is 0 Å². The number of benzene rings is 2. The summed E-state index contributed by atoms with van der Waals surface area (Å²) in [4.78, 5) is 14.0. The summed E-state index contributed by atoms with van der Waals surface area (Å²) in [5.74, 6) is 0. The molecule has 0 aliphatic heterocycles. The van der Waals surface area contributed by atoms with Crippen molar-refractivity contribution in [3.05, 3.63) is 59.7 Å². The van der Waals surface area contributed by atoms with Gasteiger partial charge in [-0.15, -0.1) is 0 Å². The molecule has 3 rings (SSSR count). The van der Waals surface area contributed by atoms with Crippen LogP contribution in [0.1, 0.15) is 36.5 Å². The first-order valence-corrected chi connectivity index (χ1v) is 8.43. The molecule has 1 aliphatic carbocycles. The molecule has 0 fully saturated rings. The summed E-state index contributed by atoms with van der Waals surface area (Å²) in [7, 11) is 1.76. The molecular formula is C20H23NO3. The topological polar surface area (TPSA) is 49.8 Å². The zero-order valence-electron chi connectivity index (χ0n) is 13.9. The minimum Gasteiger partial charge on any atom is -0.436 e. The summed E-state index contributed by atoms with van der Waals surface area (Å²) in [6, 6.07) is 16.2. The predicted octanol–water partition coefficient (Wildman–Crippen LogP) is 3.99. The second-order valence-electron chi connectivity index (χ2n) is 6.14. The number of aliphatic hydroxyl groups is 1. The molecule has 1 amide bonds. The molecule has 0 spiro atoms. The number of aliphatic hydroxyl groups excluding tert-OH is 1. The van der Waals surface area contributed by atoms with Gasteiger partial charge in [0.15, 0.2) is 6.10 Å². The van der Waals surface area contributed by atoms with Gasteiger partial charge in [0.1, 0.15) is 0 Å². The van der Waals surface area contributed by atoms with E-state index in [2.05, 4.69) is 12.1 Å². The zero-order valence-corrected chi connectivity index (χ0v) is 13.9. The molecule has 0 heterocycles. The number of carbonyl (C=O) groups is 1. The number of unbranched alkanes of at least 4 members (excludes halogenated alkanes) is 2. The number of nitrogens with zero attached hydrogens (tertiary/aromatic N) is 1. The van der Waals surface area contributed by atoms with Crippen molar-refractivity contribution in [1.29, 1.82) is 0 Å². The third kappa shape index (κ3) is 3.29. The number of amides is 1. The second kappa shape index (κ2) is 7.49. The fourth-order valence-corrected chi connectivity index (χ4v) is 3.16. The lowest BCUT2D eigenvalue weighted by molar-refractivity contribution is 0.0856. The van der Waals surface area contributed by atoms with Crippen LogP contribution in [0.2, 0.25) is 0 Å². The monoisotopic (exact) mass is 325 g/mol. The molecule has 1 N–H and O–H groups in total. The molecule has 1 aliphatic rings. The first-order chi connectivity index (χ1) is 11.7. The van der Waals surface area contributed by atoms with Crippen LogP contribution in [-0.4, -0.2) is 36.3 Å². The maximum absolute atomic E-state index is 12.4. The maximum Gasteiger partial charge on any atom is 0.410 e. The van der Waals surface area contributed by atoms with E-state index in [0.29, 0.717) is 6.54 Å². The lowest BCUT2D eigenvalue weighted by Gasteiger charge is -2.21. The molecule has 4 heteroatoms. The van der Waals surface area contributed by atoms with Crippen molar-refractivity contribution in [2.45, 2.75) is 25.4 Å². The standard InChI is InChI=1S/C20H23NO3/c1-21(13-7-2-8-14-22)20(23)24-19-17-11-5-3-9-15(17)16-10-4-6-12-18(16)19/h3-6,9-12,19,22H,2,7-8,13-14H2,1H3. The summed E-state index contributed by atoms with van der Waals surface area (Å²) >= 11 is 0. The van der Waals surface area contributed by atoms with Crippen molar-refractivity contribution in [2.24, 2.45) is 0 Å². The molecule has 0 saturated heterocycles. The van der Waals surface area contributed by atoms with Gasteiger partial charge in [-0.25, -0.2) is 4.79 Å². The Balaban J connectivity index is 1.72. The summed E-state index contributed by atoms with van der Waals surface area (Å²) in [6.45, 7) is 0.832. The summed E-state index contributed by atoms with van der Waals surface area (Å²) in [6.07, 6.45) is 1.89. The summed E-state index contributed by atoms with van der Waals surface area (Å²) in [5, 5.41) is 8.81. The van der Waals surface area contributed by atoms with Crippen molar-refractivity contribution >= 4 is 6.09 Å². The fraction of sp³-hybridized carbons (Fsp3) is 0.350. The lowest BCUT2D eigenvalue weighted by Crippen LogP contribution is -2.29. The number of ether oxygens (including phenoxy) is 1. The van der Waals surface area contributed by atoms with E-state index in [4.69, 9.17) is 9.84 Å². The van der Waals surface area contributed by atoms with Crippen molar-refractivity contribution in [2.75, 3.05) is 20.2 Å². The first kappa shape index (κ1) is 16.5. The molecule has 0 bridgehead atoms. The maximum atomic E-state index is 12.4. The van der Waals surface area contributed by atoms with E-state index in [0.717, 1.165) is 41.5 Å². The highest BCUT2D eigenvalue weighted by Gasteiger charge is 2.31. The third-order valence-corrected chi connectivity index (χ3v) is 4.46. The number of carbonyl (C=O) groups excluding carboxylic acids is 1. The van der Waals surface area contributed by atoms with Gasteiger partial charge in [0.25, 0.3) is 0 Å². The number of rotatable bonds is 6. The minimum atomic E-state index is -0.343. The van der Waals surface area contributed by atoms with E-state index < -0.39 is 0 Å². The van der Waals surface area contributed by atoms with Gasteiger partial charge < -0.3 is 14.7 Å². The molecule has 0 saturated carbocycles. The average Bonchev–Trinajstić information content (AvgIpc) is 2.93. The van der Waals surface area contributed by atoms with Crippen LogP contribution >= 0.6 is 0 Å². The Morgan fingerprint density at radius 1 is 1.00 bits per heavy atom. The first-order valence-electron chi connectivity index (χ1n) is 8.43. The predicted molar refractivity (Wildman–Crippen MR) is 93.8 cm³/mol. The van der Waals surface area contributed by atoms with Gasteiger partial charge in [0, 0.05) is 31.3 Å². The Labute approximate surface area is 142 Å². The quantitative estimate of drug-likeness (QED) is 0.817. The van der Waals surface area contributed by atoms with Gasteiger partial charge >= 0.3 is 6.09 Å². The molecular weight excluding hydrogens is 302 g/mol. The van der Waals surface area contributed by atoms with Gasteiger partial charge in [-0.3, -0.25) is 0 Å². The van der Waals surface area contributed by atoms with Crippen molar-refractivity contribution in [3.63, 3.8) is 0 Å². The average molecular weight is 325 g/mol. The van der Waals surface area contributed by atoms with Crippen LogP contribution in [0, 0.1) is 0 Å². The number of fused-ring (bicyclic) bond motifs is 3. The van der Waals surface area contributed by atoms with Crippen molar-refractivity contribution in [1.82, 2.24) is 4.90 Å². The number of hydrogen-bond donors (Lipinski definition) is 1. The van der Waals surface area contributed by atoms with Gasteiger partial charge in [0.05, 0.1) is 0 Å². The highest BCUT2D eigenvalue weighted by molar-refractivity contribution is 5.79. The van der Waals surface area contributed by atoms with Crippen molar-refractivity contribution < 1.29 is 14.6 Å². The number of hydrogen-bond acceptors (Lipinski definition) is 3. The molecule has 2 aromatic carbocycles. The van der Waals surface area contributed by atoms with E-state index in [1.165, 1.54) is 0 Å². The van der Waals surface area contributed by atoms with Gasteiger partial charge in [-0.1, -0.05) is 48.5 Å². The third-order valence-electron chi connectivity index (χ3n) is 4.46. The van der Waals surface area contributed by atoms with Gasteiger partial charge in [-0.2, -0.15) is 0 Å². The van der Waals surface area contributed by atoms with E-state index in [1.807, 2.05) is 36.4 Å². The molecule has 0 atom stereocenters. The molecule has 2 aromatic rings.